The van der Waals surface area contributed by atoms with Crippen molar-refractivity contribution in [1.82, 2.24) is 5.32 Å². The third kappa shape index (κ3) is 6.38. The van der Waals surface area contributed by atoms with E-state index in [4.69, 9.17) is 9.84 Å². The minimum absolute atomic E-state index is 0.0852. The Balaban J connectivity index is 2.17. The van der Waals surface area contributed by atoms with Crippen LogP contribution in [-0.4, -0.2) is 37.3 Å². The Hall–Kier alpha value is -3.28. The average molecular weight is 396 g/mol. The van der Waals surface area contributed by atoms with E-state index >= 15 is 0 Å². The van der Waals surface area contributed by atoms with Gasteiger partial charge in [-0.2, -0.15) is 0 Å². The molecule has 0 aliphatic carbocycles. The molecular weight excluding hydrogens is 368 g/mol. The van der Waals surface area contributed by atoms with Crippen LogP contribution in [0.25, 0.3) is 17.2 Å². The van der Waals surface area contributed by atoms with E-state index in [1.165, 1.54) is 6.08 Å². The van der Waals surface area contributed by atoms with Crippen molar-refractivity contribution in [2.75, 3.05) is 25.1 Å². The van der Waals surface area contributed by atoms with Crippen molar-refractivity contribution < 1.29 is 19.4 Å². The molecule has 0 saturated carbocycles. The second kappa shape index (κ2) is 10.9. The summed E-state index contributed by atoms with van der Waals surface area (Å²) >= 11 is 0. The van der Waals surface area contributed by atoms with Gasteiger partial charge >= 0.3 is 12.0 Å². The van der Waals surface area contributed by atoms with Crippen LogP contribution in [0.1, 0.15) is 32.3 Å². The van der Waals surface area contributed by atoms with E-state index in [9.17, 15) is 9.59 Å². The molecule has 0 fully saturated rings. The summed E-state index contributed by atoms with van der Waals surface area (Å²) in [5, 5.41) is 12.1. The molecule has 29 heavy (non-hydrogen) atoms. The molecule has 2 aromatic rings. The van der Waals surface area contributed by atoms with Crippen LogP contribution >= 0.6 is 0 Å². The minimum Gasteiger partial charge on any atom is -0.487 e. The van der Waals surface area contributed by atoms with Crippen LogP contribution in [0.4, 0.5) is 10.5 Å². The zero-order valence-corrected chi connectivity index (χ0v) is 17.1. The second-order valence-electron chi connectivity index (χ2n) is 6.56. The highest BCUT2D eigenvalue weighted by Crippen LogP contribution is 2.25. The summed E-state index contributed by atoms with van der Waals surface area (Å²) in [5.41, 5.74) is 3.47. The average Bonchev–Trinajstić information content (AvgIpc) is 2.73. The Labute approximate surface area is 171 Å². The number of urea groups is 1. The lowest BCUT2D eigenvalue weighted by Crippen LogP contribution is -2.37. The first-order valence-electron chi connectivity index (χ1n) is 9.76. The summed E-state index contributed by atoms with van der Waals surface area (Å²) < 4.78 is 5.14. The van der Waals surface area contributed by atoms with Gasteiger partial charge in [0.2, 0.25) is 5.76 Å². The molecule has 0 bridgehead atoms. The quantitative estimate of drug-likeness (QED) is 0.364. The van der Waals surface area contributed by atoms with Gasteiger partial charge in [0, 0.05) is 19.3 Å². The number of hydrogen-bond acceptors (Lipinski definition) is 3. The number of carbonyl (C=O) groups excluding carboxylic acids is 1. The van der Waals surface area contributed by atoms with Crippen LogP contribution in [0.3, 0.4) is 0 Å². The Bertz CT molecular complexity index is 859. The highest BCUT2D eigenvalue weighted by atomic mass is 16.5. The molecule has 0 heterocycles. The zero-order valence-electron chi connectivity index (χ0n) is 17.1. The van der Waals surface area contributed by atoms with E-state index in [1.54, 1.807) is 18.9 Å². The molecule has 6 nitrogen and oxygen atoms in total. The molecular formula is C23H28N2O4. The first-order valence-corrected chi connectivity index (χ1v) is 9.76. The minimum atomic E-state index is -1.09. The summed E-state index contributed by atoms with van der Waals surface area (Å²) in [6.07, 6.45) is 3.48. The molecule has 0 unspecified atom stereocenters. The van der Waals surface area contributed by atoms with Gasteiger partial charge in [0.15, 0.2) is 0 Å². The number of rotatable bonds is 9. The number of aliphatic carboxylic acids is 1. The molecule has 2 rings (SSSR count). The van der Waals surface area contributed by atoms with Crippen molar-refractivity contribution in [1.29, 1.82) is 0 Å². The Morgan fingerprint density at radius 1 is 1.10 bits per heavy atom. The van der Waals surface area contributed by atoms with Gasteiger partial charge in [-0.15, -0.1) is 0 Å². The van der Waals surface area contributed by atoms with Crippen LogP contribution < -0.4 is 10.2 Å². The fraction of sp³-hybridized carbons (Fsp3) is 0.304. The third-order valence-corrected chi connectivity index (χ3v) is 4.40. The maximum Gasteiger partial charge on any atom is 0.371 e. The lowest BCUT2D eigenvalue weighted by molar-refractivity contribution is -0.136. The van der Waals surface area contributed by atoms with Gasteiger partial charge in [-0.25, -0.2) is 9.59 Å². The smallest absolute Gasteiger partial charge is 0.371 e. The first-order chi connectivity index (χ1) is 14.0. The molecule has 2 aromatic carbocycles. The van der Waals surface area contributed by atoms with Crippen LogP contribution in [0.15, 0.2) is 54.3 Å². The summed E-state index contributed by atoms with van der Waals surface area (Å²) in [6, 6.07) is 15.1. The molecule has 154 valence electrons. The molecule has 0 aliphatic heterocycles. The largest absolute Gasteiger partial charge is 0.487 e. The number of carbonyl (C=O) groups is 2. The number of carboxylic acids is 1. The first kappa shape index (κ1) is 22.0. The van der Waals surface area contributed by atoms with Crippen LogP contribution in [0, 0.1) is 0 Å². The highest BCUT2D eigenvalue weighted by molar-refractivity contribution is 5.92. The monoisotopic (exact) mass is 396 g/mol. The molecule has 0 spiro atoms. The maximum absolute atomic E-state index is 12.3. The molecule has 2 N–H and O–H groups in total. The summed E-state index contributed by atoms with van der Waals surface area (Å²) in [7, 11) is 1.75. The number of nitrogens with one attached hydrogen (secondary N) is 1. The number of carboxylic acid groups (broad SMARTS) is 1. The van der Waals surface area contributed by atoms with Crippen molar-refractivity contribution >= 4 is 23.8 Å². The van der Waals surface area contributed by atoms with E-state index in [0.717, 1.165) is 35.2 Å². The summed E-state index contributed by atoms with van der Waals surface area (Å²) in [5.74, 6) is -1.18. The third-order valence-electron chi connectivity index (χ3n) is 4.40. The van der Waals surface area contributed by atoms with E-state index in [-0.39, 0.29) is 11.8 Å². The predicted octanol–water partition coefficient (Wildman–Crippen LogP) is 4.76. The van der Waals surface area contributed by atoms with Gasteiger partial charge in [0.05, 0.1) is 6.61 Å². The maximum atomic E-state index is 12.3. The van der Waals surface area contributed by atoms with Gasteiger partial charge in [0.25, 0.3) is 0 Å². The topological polar surface area (TPSA) is 78.9 Å². The fourth-order valence-corrected chi connectivity index (χ4v) is 2.75. The molecule has 6 heteroatoms. The molecule has 0 saturated heterocycles. The van der Waals surface area contributed by atoms with Gasteiger partial charge in [0.1, 0.15) is 0 Å². The Morgan fingerprint density at radius 3 is 2.45 bits per heavy atom. The predicted molar refractivity (Wildman–Crippen MR) is 116 cm³/mol. The second-order valence-corrected chi connectivity index (χ2v) is 6.56. The van der Waals surface area contributed by atoms with Crippen LogP contribution in [0.5, 0.6) is 0 Å². The molecule has 0 radical (unpaired) electrons. The highest BCUT2D eigenvalue weighted by Gasteiger charge is 2.11. The fourth-order valence-electron chi connectivity index (χ4n) is 2.75. The van der Waals surface area contributed by atoms with Gasteiger partial charge < -0.3 is 15.2 Å². The summed E-state index contributed by atoms with van der Waals surface area (Å²) in [4.78, 5) is 25.1. The van der Waals surface area contributed by atoms with Crippen molar-refractivity contribution in [2.24, 2.45) is 0 Å². The molecule has 0 atom stereocenters. The van der Waals surface area contributed by atoms with E-state index in [1.807, 2.05) is 48.5 Å². The van der Waals surface area contributed by atoms with Crippen LogP contribution in [-0.2, 0) is 9.53 Å². The number of benzene rings is 2. The zero-order chi connectivity index (χ0) is 21.2. The number of nitrogens with zero attached hydrogens (tertiary/aromatic N) is 1. The SMILES string of the molecule is CCCCNC(=O)N(C)c1cccc(-c2ccc(/C=C(/OCC)C(=O)O)cc2)c1. The van der Waals surface area contributed by atoms with E-state index < -0.39 is 5.97 Å². The van der Waals surface area contributed by atoms with Crippen molar-refractivity contribution in [3.8, 4) is 11.1 Å². The Morgan fingerprint density at radius 2 is 1.83 bits per heavy atom. The Kier molecular flexibility index (Phi) is 8.27. The number of hydrogen-bond donors (Lipinski definition) is 2. The standard InChI is InChI=1S/C23H28N2O4/c1-4-6-14-24-23(28)25(3)20-9-7-8-19(16-20)18-12-10-17(11-13-18)15-21(22(26)27)29-5-2/h7-13,15-16H,4-6,14H2,1-3H3,(H,24,28)(H,26,27)/b21-15+. The van der Waals surface area contributed by atoms with Crippen molar-refractivity contribution in [2.45, 2.75) is 26.7 Å². The van der Waals surface area contributed by atoms with Gasteiger partial charge in [-0.1, -0.05) is 49.7 Å². The van der Waals surface area contributed by atoms with Gasteiger partial charge in [-0.3, -0.25) is 4.90 Å². The van der Waals surface area contributed by atoms with E-state index in [0.29, 0.717) is 13.2 Å². The lowest BCUT2D eigenvalue weighted by atomic mass is 10.0. The molecule has 2 amide bonds. The van der Waals surface area contributed by atoms with Gasteiger partial charge in [-0.05, 0) is 48.2 Å². The lowest BCUT2D eigenvalue weighted by Gasteiger charge is -2.19. The van der Waals surface area contributed by atoms with E-state index in [2.05, 4.69) is 12.2 Å². The number of amides is 2. The van der Waals surface area contributed by atoms with Crippen molar-refractivity contribution in [3.05, 3.63) is 59.9 Å². The number of unbranched alkanes of at least 4 members (excludes halogenated alkanes) is 1. The number of ether oxygens (including phenoxy) is 1. The summed E-state index contributed by atoms with van der Waals surface area (Å²) in [6.45, 7) is 4.78. The number of anilines is 1. The molecule has 0 aliphatic rings. The molecule has 0 aromatic heterocycles. The van der Waals surface area contributed by atoms with Crippen molar-refractivity contribution in [3.63, 3.8) is 0 Å². The normalized spacial score (nSPS) is 11.1. The van der Waals surface area contributed by atoms with Crippen LogP contribution in [0.2, 0.25) is 0 Å².